The first-order valence-electron chi connectivity index (χ1n) is 5.40. The van der Waals surface area contributed by atoms with Crippen LogP contribution in [0.5, 0.6) is 0 Å². The first-order valence-corrected chi connectivity index (χ1v) is 5.78. The van der Waals surface area contributed by atoms with Gasteiger partial charge in [0.25, 0.3) is 0 Å². The summed E-state index contributed by atoms with van der Waals surface area (Å²) in [4.78, 5) is 23.7. The predicted molar refractivity (Wildman–Crippen MR) is 62.9 cm³/mol. The molecule has 96 valence electrons. The number of Topliss-reactive ketones (excluding diaryl/α,β-unsaturated/α-hetero) is 1. The molecule has 0 bridgehead atoms. The number of hydrogen-bond donors (Lipinski definition) is 1. The van der Waals surface area contributed by atoms with Crippen LogP contribution < -0.4 is 0 Å². The Hall–Kier alpha value is -1.46. The van der Waals surface area contributed by atoms with E-state index in [1.807, 2.05) is 0 Å². The van der Waals surface area contributed by atoms with E-state index in [1.165, 1.54) is 23.1 Å². The van der Waals surface area contributed by atoms with E-state index >= 15 is 0 Å². The molecule has 1 N–H and O–H groups in total. The number of carboxylic acids is 1. The van der Waals surface area contributed by atoms with Gasteiger partial charge in [0.15, 0.2) is 0 Å². The first kappa shape index (κ1) is 13.0. The number of benzene rings is 1. The Labute approximate surface area is 108 Å². The lowest BCUT2D eigenvalue weighted by Gasteiger charge is -2.20. The van der Waals surface area contributed by atoms with Crippen LogP contribution in [0.3, 0.4) is 0 Å². The van der Waals surface area contributed by atoms with Gasteiger partial charge >= 0.3 is 5.97 Å². The highest BCUT2D eigenvalue weighted by molar-refractivity contribution is 6.31. The number of nitrogens with zero attached hydrogens (tertiary/aromatic N) is 1. The molecule has 1 unspecified atom stereocenters. The van der Waals surface area contributed by atoms with Crippen molar-refractivity contribution < 1.29 is 19.1 Å². The minimum absolute atomic E-state index is 0.0155. The van der Waals surface area contributed by atoms with Crippen LogP contribution in [0.4, 0.5) is 4.39 Å². The van der Waals surface area contributed by atoms with Crippen molar-refractivity contribution in [3.8, 4) is 0 Å². The molecule has 1 aliphatic rings. The third-order valence-electron chi connectivity index (χ3n) is 2.95. The summed E-state index contributed by atoms with van der Waals surface area (Å²) in [6, 6.07) is 3.38. The van der Waals surface area contributed by atoms with Gasteiger partial charge in [-0.1, -0.05) is 17.7 Å². The second-order valence-corrected chi connectivity index (χ2v) is 4.61. The number of aliphatic carboxylic acids is 1. The largest absolute Gasteiger partial charge is 0.480 e. The van der Waals surface area contributed by atoms with Crippen LogP contribution in [-0.4, -0.2) is 34.3 Å². The minimum atomic E-state index is -1.08. The summed E-state index contributed by atoms with van der Waals surface area (Å²) >= 11 is 5.87. The molecule has 1 saturated heterocycles. The van der Waals surface area contributed by atoms with Crippen molar-refractivity contribution in [3.63, 3.8) is 0 Å². The van der Waals surface area contributed by atoms with E-state index in [2.05, 4.69) is 0 Å². The molecule has 2 rings (SSSR count). The summed E-state index contributed by atoms with van der Waals surface area (Å²) in [6.07, 6.45) is -0.0403. The molecular formula is C12H11ClFNO3. The first-order chi connectivity index (χ1) is 8.49. The van der Waals surface area contributed by atoms with Gasteiger partial charge in [0.2, 0.25) is 0 Å². The van der Waals surface area contributed by atoms with Crippen molar-refractivity contribution in [1.82, 2.24) is 4.90 Å². The van der Waals surface area contributed by atoms with E-state index in [9.17, 15) is 14.0 Å². The maximum Gasteiger partial charge on any atom is 0.321 e. The van der Waals surface area contributed by atoms with Gasteiger partial charge in [0.05, 0.1) is 6.54 Å². The quantitative estimate of drug-likeness (QED) is 0.909. The standard InChI is InChI=1S/C12H11ClFNO3/c13-9-2-1-3-10(14)8(9)6-15-5-7(16)4-11(15)12(17)18/h1-3,11H,4-6H2,(H,17,18). The SMILES string of the molecule is O=C1CC(C(=O)O)N(Cc2c(F)cccc2Cl)C1. The molecule has 4 nitrogen and oxygen atoms in total. The number of ketones is 1. The van der Waals surface area contributed by atoms with Crippen LogP contribution in [0, 0.1) is 5.82 Å². The second kappa shape index (κ2) is 5.04. The lowest BCUT2D eigenvalue weighted by Crippen LogP contribution is -2.35. The van der Waals surface area contributed by atoms with E-state index in [1.54, 1.807) is 0 Å². The fourth-order valence-electron chi connectivity index (χ4n) is 2.04. The molecule has 1 fully saturated rings. The van der Waals surface area contributed by atoms with Crippen LogP contribution >= 0.6 is 11.6 Å². The fraction of sp³-hybridized carbons (Fsp3) is 0.333. The molecule has 1 atom stereocenters. The van der Waals surface area contributed by atoms with Gasteiger partial charge in [-0.25, -0.2) is 4.39 Å². The maximum absolute atomic E-state index is 13.6. The van der Waals surface area contributed by atoms with Gasteiger partial charge in [-0.2, -0.15) is 0 Å². The van der Waals surface area contributed by atoms with E-state index in [4.69, 9.17) is 16.7 Å². The van der Waals surface area contributed by atoms with E-state index in [0.29, 0.717) is 0 Å². The summed E-state index contributed by atoms with van der Waals surface area (Å²) in [6.45, 7) is 0.0375. The average molecular weight is 272 g/mol. The zero-order chi connectivity index (χ0) is 13.3. The zero-order valence-corrected chi connectivity index (χ0v) is 10.2. The molecule has 18 heavy (non-hydrogen) atoms. The van der Waals surface area contributed by atoms with E-state index in [-0.39, 0.29) is 35.9 Å². The number of carboxylic acid groups (broad SMARTS) is 1. The number of hydrogen-bond acceptors (Lipinski definition) is 3. The molecule has 6 heteroatoms. The van der Waals surface area contributed by atoms with Gasteiger partial charge in [0.1, 0.15) is 17.6 Å². The summed E-state index contributed by atoms with van der Waals surface area (Å²) < 4.78 is 13.6. The molecule has 0 saturated carbocycles. The Morgan fingerprint density at radius 3 is 2.89 bits per heavy atom. The maximum atomic E-state index is 13.6. The average Bonchev–Trinajstić information content (AvgIpc) is 2.65. The monoisotopic (exact) mass is 271 g/mol. The van der Waals surface area contributed by atoms with Crippen molar-refractivity contribution in [1.29, 1.82) is 0 Å². The van der Waals surface area contributed by atoms with E-state index in [0.717, 1.165) is 0 Å². The molecule has 1 heterocycles. The normalized spacial score (nSPS) is 20.3. The van der Waals surface area contributed by atoms with Crippen molar-refractivity contribution in [2.75, 3.05) is 6.54 Å². The van der Waals surface area contributed by atoms with Crippen LogP contribution in [0.1, 0.15) is 12.0 Å². The van der Waals surface area contributed by atoms with Crippen molar-refractivity contribution in [3.05, 3.63) is 34.6 Å². The predicted octanol–water partition coefficient (Wildman–Crippen LogP) is 1.71. The summed E-state index contributed by atoms with van der Waals surface area (Å²) in [5, 5.41) is 9.23. The molecule has 0 aliphatic carbocycles. The van der Waals surface area contributed by atoms with Crippen molar-refractivity contribution in [2.24, 2.45) is 0 Å². The highest BCUT2D eigenvalue weighted by Crippen LogP contribution is 2.24. The minimum Gasteiger partial charge on any atom is -0.480 e. The Balaban J connectivity index is 2.23. The molecule has 0 amide bonds. The lowest BCUT2D eigenvalue weighted by atomic mass is 10.1. The Kier molecular flexibility index (Phi) is 3.63. The van der Waals surface area contributed by atoms with Gasteiger partial charge < -0.3 is 5.11 Å². The van der Waals surface area contributed by atoms with Gasteiger partial charge in [-0.3, -0.25) is 14.5 Å². The van der Waals surface area contributed by atoms with E-state index < -0.39 is 17.8 Å². The molecule has 0 radical (unpaired) electrons. The fourth-order valence-corrected chi connectivity index (χ4v) is 2.26. The summed E-state index contributed by atoms with van der Waals surface area (Å²) in [5.41, 5.74) is 0.222. The van der Waals surface area contributed by atoms with Crippen LogP contribution in [0.2, 0.25) is 5.02 Å². The highest BCUT2D eigenvalue weighted by Gasteiger charge is 2.36. The van der Waals surface area contributed by atoms with Gasteiger partial charge in [-0.05, 0) is 12.1 Å². The Morgan fingerprint density at radius 2 is 2.28 bits per heavy atom. The van der Waals surface area contributed by atoms with Crippen molar-refractivity contribution in [2.45, 2.75) is 19.0 Å². The molecule has 1 aromatic carbocycles. The molecular weight excluding hydrogens is 261 g/mol. The lowest BCUT2D eigenvalue weighted by molar-refractivity contribution is -0.142. The summed E-state index contributed by atoms with van der Waals surface area (Å²) in [5.74, 6) is -1.73. The van der Waals surface area contributed by atoms with Crippen LogP contribution in [0.25, 0.3) is 0 Å². The smallest absolute Gasteiger partial charge is 0.321 e. The van der Waals surface area contributed by atoms with Crippen LogP contribution in [0.15, 0.2) is 18.2 Å². The highest BCUT2D eigenvalue weighted by atomic mass is 35.5. The molecule has 1 aromatic rings. The topological polar surface area (TPSA) is 57.6 Å². The Bertz CT molecular complexity index is 486. The van der Waals surface area contributed by atoms with Crippen LogP contribution in [-0.2, 0) is 16.1 Å². The number of carbonyl (C=O) groups is 2. The Morgan fingerprint density at radius 1 is 1.56 bits per heavy atom. The number of rotatable bonds is 3. The third-order valence-corrected chi connectivity index (χ3v) is 3.30. The third kappa shape index (κ3) is 2.52. The molecule has 0 aromatic heterocycles. The number of halogens is 2. The van der Waals surface area contributed by atoms with Gasteiger partial charge in [0, 0.05) is 23.6 Å². The second-order valence-electron chi connectivity index (χ2n) is 4.20. The van der Waals surface area contributed by atoms with Crippen molar-refractivity contribution >= 4 is 23.4 Å². The molecule has 1 aliphatic heterocycles. The number of likely N-dealkylation sites (tertiary alicyclic amines) is 1. The molecule has 0 spiro atoms. The summed E-state index contributed by atoms with van der Waals surface area (Å²) in [7, 11) is 0. The van der Waals surface area contributed by atoms with Gasteiger partial charge in [-0.15, -0.1) is 0 Å². The number of carbonyl (C=O) groups excluding carboxylic acids is 1. The zero-order valence-electron chi connectivity index (χ0n) is 9.40.